The number of ether oxygens (including phenoxy) is 1. The highest BCUT2D eigenvalue weighted by Crippen LogP contribution is 2.49. The van der Waals surface area contributed by atoms with Crippen molar-refractivity contribution < 1.29 is 31.1 Å². The smallest absolute Gasteiger partial charge is 0.417 e. The van der Waals surface area contributed by atoms with Gasteiger partial charge in [0.15, 0.2) is 5.82 Å². The number of halogens is 6. The fourth-order valence-corrected chi connectivity index (χ4v) is 7.62. The van der Waals surface area contributed by atoms with Crippen molar-refractivity contribution in [1.29, 1.82) is 0 Å². The van der Waals surface area contributed by atoms with Crippen LogP contribution < -0.4 is 15.4 Å². The second kappa shape index (κ2) is 10.2. The maximum Gasteiger partial charge on any atom is 0.417 e. The first-order chi connectivity index (χ1) is 20.9. The van der Waals surface area contributed by atoms with Crippen LogP contribution in [-0.4, -0.2) is 63.8 Å². The molecule has 1 saturated carbocycles. The van der Waals surface area contributed by atoms with Crippen LogP contribution in [0.15, 0.2) is 24.4 Å². The van der Waals surface area contributed by atoms with E-state index < -0.39 is 58.1 Å². The molecule has 3 aromatic rings. The van der Waals surface area contributed by atoms with Gasteiger partial charge in [0.05, 0.1) is 28.2 Å². The highest BCUT2D eigenvalue weighted by atomic mass is 19.4. The molecule has 0 bridgehead atoms. The van der Waals surface area contributed by atoms with Crippen molar-refractivity contribution in [3.8, 4) is 17.3 Å². The van der Waals surface area contributed by atoms with Crippen LogP contribution in [0.3, 0.4) is 0 Å². The summed E-state index contributed by atoms with van der Waals surface area (Å²) in [5.41, 5.74) is 2.04. The highest BCUT2D eigenvalue weighted by molar-refractivity contribution is 5.93. The number of hydrogen-bond acceptors (Lipinski definition) is 7. The Hall–Kier alpha value is -3.61. The van der Waals surface area contributed by atoms with Crippen molar-refractivity contribution in [2.24, 2.45) is 5.92 Å². The third kappa shape index (κ3) is 4.57. The molecule has 7 nitrogen and oxygen atoms in total. The summed E-state index contributed by atoms with van der Waals surface area (Å²) >= 11 is 0. The number of rotatable bonds is 5. The van der Waals surface area contributed by atoms with E-state index in [1.54, 1.807) is 4.90 Å². The van der Waals surface area contributed by atoms with Gasteiger partial charge in [-0.3, -0.25) is 9.88 Å². The lowest BCUT2D eigenvalue weighted by molar-refractivity contribution is -0.137. The summed E-state index contributed by atoms with van der Waals surface area (Å²) in [6.07, 6.45) is 0.00398. The van der Waals surface area contributed by atoms with E-state index in [1.807, 2.05) is 0 Å². The monoisotopic (exact) mass is 618 g/mol. The number of anilines is 2. The number of alkyl halides is 4. The molecular formula is C31H32F6N6O. The van der Waals surface area contributed by atoms with Gasteiger partial charge in [-0.1, -0.05) is 18.6 Å². The molecule has 44 heavy (non-hydrogen) atoms. The van der Waals surface area contributed by atoms with Crippen molar-refractivity contribution in [1.82, 2.24) is 19.9 Å². The lowest BCUT2D eigenvalue weighted by Gasteiger charge is -2.31. The molecule has 1 aromatic carbocycles. The second-order valence-electron chi connectivity index (χ2n) is 12.6. The molecule has 4 atom stereocenters. The summed E-state index contributed by atoms with van der Waals surface area (Å²) in [5, 5.41) is 0.119. The molecule has 7 rings (SSSR count). The summed E-state index contributed by atoms with van der Waals surface area (Å²) < 4.78 is 94.5. The van der Waals surface area contributed by atoms with Gasteiger partial charge in [0.2, 0.25) is 0 Å². The molecule has 4 fully saturated rings. The number of fused-ring (bicyclic) bond motifs is 3. The van der Waals surface area contributed by atoms with Gasteiger partial charge in [0, 0.05) is 30.8 Å². The van der Waals surface area contributed by atoms with Crippen LogP contribution in [0.25, 0.3) is 22.2 Å². The van der Waals surface area contributed by atoms with Crippen LogP contribution in [0.1, 0.15) is 49.7 Å². The van der Waals surface area contributed by atoms with Gasteiger partial charge in [-0.05, 0) is 57.2 Å². The van der Waals surface area contributed by atoms with Gasteiger partial charge < -0.3 is 15.4 Å². The fourth-order valence-electron chi connectivity index (χ4n) is 7.62. The maximum atomic E-state index is 16.5. The van der Waals surface area contributed by atoms with E-state index >= 15 is 4.39 Å². The molecule has 13 heteroatoms. The zero-order chi connectivity index (χ0) is 31.1. The predicted molar refractivity (Wildman–Crippen MR) is 153 cm³/mol. The topological polar surface area (TPSA) is 80.4 Å². The van der Waals surface area contributed by atoms with Crippen LogP contribution >= 0.6 is 0 Å². The molecule has 0 amide bonds. The van der Waals surface area contributed by atoms with E-state index in [-0.39, 0.29) is 40.8 Å². The molecule has 4 aliphatic rings. The quantitative estimate of drug-likeness (QED) is 0.202. The first-order valence-electron chi connectivity index (χ1n) is 14.9. The molecule has 234 valence electrons. The Morgan fingerprint density at radius 2 is 1.93 bits per heavy atom. The van der Waals surface area contributed by atoms with E-state index in [2.05, 4.69) is 26.4 Å². The molecule has 0 radical (unpaired) electrons. The van der Waals surface area contributed by atoms with Crippen LogP contribution in [0.4, 0.5) is 37.8 Å². The van der Waals surface area contributed by atoms with Crippen molar-refractivity contribution in [2.75, 3.05) is 36.9 Å². The van der Waals surface area contributed by atoms with Gasteiger partial charge in [-0.25, -0.2) is 13.2 Å². The Balaban J connectivity index is 1.38. The lowest BCUT2D eigenvalue weighted by Crippen LogP contribution is -2.43. The number of nitrogens with zero attached hydrogens (tertiary/aromatic N) is 5. The fraction of sp³-hybridized carbons (Fsp3) is 0.516. The van der Waals surface area contributed by atoms with Crippen LogP contribution in [0.5, 0.6) is 6.01 Å². The molecule has 5 heterocycles. The second-order valence-corrected chi connectivity index (χ2v) is 12.6. The Kier molecular flexibility index (Phi) is 6.76. The van der Waals surface area contributed by atoms with Crippen LogP contribution in [0, 0.1) is 24.5 Å². The number of nitrogen functional groups attached to an aromatic ring is 1. The molecule has 0 unspecified atom stereocenters. The van der Waals surface area contributed by atoms with Gasteiger partial charge in [-0.2, -0.15) is 23.1 Å². The van der Waals surface area contributed by atoms with E-state index in [4.69, 9.17) is 10.5 Å². The summed E-state index contributed by atoms with van der Waals surface area (Å²) in [7, 11) is 0. The summed E-state index contributed by atoms with van der Waals surface area (Å²) in [6, 6.07) is 0.120. The third-order valence-electron chi connectivity index (χ3n) is 9.76. The minimum Gasteiger partial charge on any atom is -0.461 e. The molecule has 1 aliphatic carbocycles. The summed E-state index contributed by atoms with van der Waals surface area (Å²) in [5.74, 6) is -2.36. The van der Waals surface area contributed by atoms with E-state index in [0.717, 1.165) is 70.2 Å². The van der Waals surface area contributed by atoms with Crippen LogP contribution in [-0.2, 0) is 6.18 Å². The molecule has 0 spiro atoms. The summed E-state index contributed by atoms with van der Waals surface area (Å²) in [4.78, 5) is 17.2. The van der Waals surface area contributed by atoms with Crippen molar-refractivity contribution in [2.45, 2.75) is 69.4 Å². The van der Waals surface area contributed by atoms with Gasteiger partial charge >= 0.3 is 12.2 Å². The highest BCUT2D eigenvalue weighted by Gasteiger charge is 2.55. The Morgan fingerprint density at radius 3 is 2.70 bits per heavy atom. The van der Waals surface area contributed by atoms with Gasteiger partial charge in [0.1, 0.15) is 35.6 Å². The number of hydrogen-bond donors (Lipinski definition) is 1. The molecular weight excluding hydrogens is 586 g/mol. The van der Waals surface area contributed by atoms with Gasteiger partial charge in [-0.15, -0.1) is 0 Å². The summed E-state index contributed by atoms with van der Waals surface area (Å²) in [6.45, 7) is 7.39. The molecule has 3 saturated heterocycles. The van der Waals surface area contributed by atoms with Crippen molar-refractivity contribution in [3.05, 3.63) is 47.2 Å². The average molecular weight is 619 g/mol. The van der Waals surface area contributed by atoms with E-state index in [0.29, 0.717) is 6.54 Å². The minimum atomic E-state index is -5.02. The van der Waals surface area contributed by atoms with Crippen LogP contribution in [0.2, 0.25) is 0 Å². The van der Waals surface area contributed by atoms with Gasteiger partial charge in [0.25, 0.3) is 0 Å². The molecule has 2 aromatic heterocycles. The Labute approximate surface area is 250 Å². The number of aromatic nitrogens is 3. The van der Waals surface area contributed by atoms with Crippen molar-refractivity contribution in [3.63, 3.8) is 0 Å². The first-order valence-corrected chi connectivity index (χ1v) is 14.9. The zero-order valence-electron chi connectivity index (χ0n) is 24.2. The van der Waals surface area contributed by atoms with E-state index in [9.17, 15) is 22.0 Å². The first kappa shape index (κ1) is 29.1. The normalized spacial score (nSPS) is 27.0. The SMILES string of the molecule is C=C1CN2CCC[C@@]2(COc2nc(N3CCCC[C@@H]4[C@H](F)[C@@H]43)c3cnc(-c4cc(N)c(F)c(C)c4C(F)(F)F)c(F)c3n2)C1. The Bertz CT molecular complexity index is 1680. The molecule has 2 N–H and O–H groups in total. The maximum absolute atomic E-state index is 16.5. The zero-order valence-corrected chi connectivity index (χ0v) is 24.2. The number of benzene rings is 1. The predicted octanol–water partition coefficient (Wildman–Crippen LogP) is 6.38. The Morgan fingerprint density at radius 1 is 1.14 bits per heavy atom. The standard InChI is InChI=1S/C31H32F6N6O/c1-15-11-30(7-5-8-42(30)13-15)14-44-29-40-26-19(28(41-29)43-9-4-3-6-17-23(33)27(17)43)12-39-25(24(26)34)18-10-20(38)22(32)16(2)21(18)31(35,36)37/h10,12,17,23,27H,1,3-9,11,13-14,38H2,2H3/t17-,23+,27-,30+/m1/s1. The van der Waals surface area contributed by atoms with E-state index in [1.165, 1.54) is 6.20 Å². The minimum absolute atomic E-state index is 0.119. The third-order valence-corrected chi connectivity index (χ3v) is 9.76. The lowest BCUT2D eigenvalue weighted by atomic mass is 9.94. The number of pyridine rings is 1. The largest absolute Gasteiger partial charge is 0.461 e. The van der Waals surface area contributed by atoms with Crippen molar-refractivity contribution >= 4 is 22.4 Å². The molecule has 3 aliphatic heterocycles. The average Bonchev–Trinajstić information content (AvgIpc) is 3.37. The number of nitrogens with two attached hydrogens (primary N) is 1.